The molecule has 0 bridgehead atoms. The number of aliphatic imine (C=N–C) groups is 1. The first-order valence-electron chi connectivity index (χ1n) is 9.20. The predicted octanol–water partition coefficient (Wildman–Crippen LogP) is 4.27. The van der Waals surface area contributed by atoms with Gasteiger partial charge in [-0.15, -0.1) is 0 Å². The molecule has 3 rings (SSSR count). The summed E-state index contributed by atoms with van der Waals surface area (Å²) < 4.78 is 11.2. The number of amidine groups is 1. The lowest BCUT2D eigenvalue weighted by molar-refractivity contribution is 0.303. The zero-order valence-electron chi connectivity index (χ0n) is 16.1. The monoisotopic (exact) mass is 389 g/mol. The van der Waals surface area contributed by atoms with Gasteiger partial charge in [-0.25, -0.2) is 0 Å². The summed E-state index contributed by atoms with van der Waals surface area (Å²) in [5.41, 5.74) is 2.18. The molecule has 0 radical (unpaired) electrons. The maximum absolute atomic E-state index is 8.92. The second-order valence-corrected chi connectivity index (χ2v) is 6.17. The molecule has 0 aliphatic rings. The topological polar surface area (TPSA) is 90.7 Å². The number of methoxy groups -OCH3 is 1. The highest BCUT2D eigenvalue weighted by Gasteiger charge is 2.12. The summed E-state index contributed by atoms with van der Waals surface area (Å²) in [5, 5.41) is 17.3. The molecule has 0 saturated carbocycles. The van der Waals surface area contributed by atoms with Gasteiger partial charge < -0.3 is 19.6 Å². The molecule has 2 aromatic carbocycles. The molecule has 0 atom stereocenters. The molecule has 0 amide bonds. The van der Waals surface area contributed by atoms with Crippen molar-refractivity contribution < 1.29 is 14.6 Å². The number of nitrogens with one attached hydrogen (secondary N) is 2. The minimum absolute atomic E-state index is 0.0572. The van der Waals surface area contributed by atoms with Gasteiger partial charge in [0.2, 0.25) is 5.90 Å². The maximum Gasteiger partial charge on any atom is 0.245 e. The van der Waals surface area contributed by atoms with Crippen LogP contribution in [-0.4, -0.2) is 35.5 Å². The van der Waals surface area contributed by atoms with Crippen molar-refractivity contribution >= 4 is 17.8 Å². The van der Waals surface area contributed by atoms with Crippen LogP contribution in [-0.2, 0) is 0 Å². The van der Waals surface area contributed by atoms with Crippen LogP contribution in [0.4, 0.5) is 0 Å². The summed E-state index contributed by atoms with van der Waals surface area (Å²) in [5.74, 6) is 1.62. The molecule has 148 valence electrons. The zero-order chi connectivity index (χ0) is 20.5. The zero-order valence-corrected chi connectivity index (χ0v) is 16.1. The lowest BCUT2D eigenvalue weighted by Crippen LogP contribution is -2.14. The number of nitrogens with zero attached hydrogens (tertiary/aromatic N) is 1. The number of aromatic amines is 1. The van der Waals surface area contributed by atoms with E-state index in [1.54, 1.807) is 19.2 Å². The van der Waals surface area contributed by atoms with Crippen LogP contribution in [0.25, 0.3) is 6.08 Å². The van der Waals surface area contributed by atoms with Gasteiger partial charge in [0.15, 0.2) is 5.84 Å². The van der Waals surface area contributed by atoms with Gasteiger partial charge >= 0.3 is 0 Å². The van der Waals surface area contributed by atoms with Crippen LogP contribution < -0.4 is 9.47 Å². The summed E-state index contributed by atoms with van der Waals surface area (Å²) in [4.78, 5) is 7.57. The summed E-state index contributed by atoms with van der Waals surface area (Å²) >= 11 is 0. The van der Waals surface area contributed by atoms with Gasteiger partial charge in [-0.1, -0.05) is 42.5 Å². The molecule has 29 heavy (non-hydrogen) atoms. The Kier molecular flexibility index (Phi) is 6.97. The Labute approximate surface area is 169 Å². The molecule has 1 heterocycles. The van der Waals surface area contributed by atoms with Crippen molar-refractivity contribution in [1.82, 2.24) is 4.98 Å². The predicted molar refractivity (Wildman–Crippen MR) is 115 cm³/mol. The van der Waals surface area contributed by atoms with Crippen molar-refractivity contribution in [2.45, 2.75) is 6.42 Å². The van der Waals surface area contributed by atoms with Crippen molar-refractivity contribution in [1.29, 1.82) is 5.41 Å². The lowest BCUT2D eigenvalue weighted by atomic mass is 10.2. The molecular formula is C23H23N3O3. The minimum atomic E-state index is 0.0572. The number of benzene rings is 2. The van der Waals surface area contributed by atoms with Gasteiger partial charge in [0.1, 0.15) is 17.2 Å². The van der Waals surface area contributed by atoms with Crippen LogP contribution in [0.2, 0.25) is 0 Å². The molecule has 3 aromatic rings. The third-order valence-corrected chi connectivity index (χ3v) is 4.06. The highest BCUT2D eigenvalue weighted by atomic mass is 16.5. The van der Waals surface area contributed by atoms with E-state index in [1.807, 2.05) is 66.9 Å². The highest BCUT2D eigenvalue weighted by Crippen LogP contribution is 2.17. The average molecular weight is 389 g/mol. The van der Waals surface area contributed by atoms with Gasteiger partial charge in [0.05, 0.1) is 7.11 Å². The van der Waals surface area contributed by atoms with Crippen molar-refractivity contribution in [2.24, 2.45) is 4.99 Å². The number of aromatic nitrogens is 1. The van der Waals surface area contributed by atoms with E-state index >= 15 is 0 Å². The number of hydrogen-bond acceptors (Lipinski definition) is 4. The number of aliphatic hydroxyl groups excluding tert-OH is 1. The Morgan fingerprint density at radius 1 is 1.10 bits per heavy atom. The number of H-pyrrole nitrogens is 1. The maximum atomic E-state index is 8.92. The molecule has 3 N–H and O–H groups in total. The minimum Gasteiger partial charge on any atom is -0.497 e. The molecule has 6 heteroatoms. The van der Waals surface area contributed by atoms with Crippen molar-refractivity contribution in [2.75, 3.05) is 13.7 Å². The van der Waals surface area contributed by atoms with Gasteiger partial charge in [0, 0.05) is 18.4 Å². The number of hydrogen-bond donors (Lipinski definition) is 3. The Balaban J connectivity index is 1.92. The largest absolute Gasteiger partial charge is 0.497 e. The van der Waals surface area contributed by atoms with E-state index in [1.165, 1.54) is 0 Å². The summed E-state index contributed by atoms with van der Waals surface area (Å²) in [6.45, 7) is 0.106. The summed E-state index contributed by atoms with van der Waals surface area (Å²) in [6, 6.07) is 18.4. The molecular weight excluding hydrogens is 366 g/mol. The summed E-state index contributed by atoms with van der Waals surface area (Å²) in [7, 11) is 1.58. The van der Waals surface area contributed by atoms with Crippen LogP contribution in [0.3, 0.4) is 0 Å². The van der Waals surface area contributed by atoms with Crippen LogP contribution >= 0.6 is 0 Å². The third kappa shape index (κ3) is 5.67. The molecule has 0 spiro atoms. The summed E-state index contributed by atoms with van der Waals surface area (Å²) in [6.07, 6.45) is 6.20. The molecule has 6 nitrogen and oxygen atoms in total. The van der Waals surface area contributed by atoms with E-state index in [0.717, 1.165) is 5.56 Å². The Hall–Kier alpha value is -3.64. The molecule has 0 aliphatic heterocycles. The standard InChI is InChI=1S/C23H23N3O3/c1-28-20-12-7-9-18(15-20)22(24)26-23(29-19-10-3-2-4-11-19)21-14-17(16-25-21)8-5-6-13-27/h2-5,7-12,14-16,24-25,27H,6,13H2,1H3/b8-5+,24-22?,26-23+. The van der Waals surface area contributed by atoms with E-state index in [9.17, 15) is 0 Å². The van der Waals surface area contributed by atoms with Crippen LogP contribution in [0, 0.1) is 5.41 Å². The smallest absolute Gasteiger partial charge is 0.245 e. The fraction of sp³-hybridized carbons (Fsp3) is 0.130. The Morgan fingerprint density at radius 3 is 2.66 bits per heavy atom. The van der Waals surface area contributed by atoms with E-state index in [2.05, 4.69) is 9.98 Å². The third-order valence-electron chi connectivity index (χ3n) is 4.06. The fourth-order valence-electron chi connectivity index (χ4n) is 2.60. The van der Waals surface area contributed by atoms with E-state index in [4.69, 9.17) is 20.0 Å². The van der Waals surface area contributed by atoms with Crippen LogP contribution in [0.15, 0.2) is 77.9 Å². The normalized spacial score (nSPS) is 11.6. The fourth-order valence-corrected chi connectivity index (χ4v) is 2.60. The lowest BCUT2D eigenvalue weighted by Gasteiger charge is -2.09. The molecule has 1 aromatic heterocycles. The second-order valence-electron chi connectivity index (χ2n) is 6.17. The molecule has 0 aliphatic carbocycles. The number of rotatable bonds is 7. The Morgan fingerprint density at radius 2 is 1.90 bits per heavy atom. The second kappa shape index (κ2) is 10.1. The highest BCUT2D eigenvalue weighted by molar-refractivity contribution is 6.08. The average Bonchev–Trinajstić information content (AvgIpc) is 3.23. The van der Waals surface area contributed by atoms with E-state index in [-0.39, 0.29) is 18.3 Å². The van der Waals surface area contributed by atoms with Gasteiger partial charge in [-0.2, -0.15) is 4.99 Å². The van der Waals surface area contributed by atoms with Crippen molar-refractivity contribution in [3.8, 4) is 11.5 Å². The molecule has 0 fully saturated rings. The first-order chi connectivity index (χ1) is 14.2. The van der Waals surface area contributed by atoms with E-state index in [0.29, 0.717) is 29.2 Å². The number of para-hydroxylation sites is 1. The first kappa shape index (κ1) is 20.1. The van der Waals surface area contributed by atoms with E-state index < -0.39 is 0 Å². The first-order valence-corrected chi connectivity index (χ1v) is 9.20. The van der Waals surface area contributed by atoms with Gasteiger partial charge in [0.25, 0.3) is 0 Å². The number of aliphatic hydroxyl groups is 1. The molecule has 0 unspecified atom stereocenters. The van der Waals surface area contributed by atoms with Crippen molar-refractivity contribution in [3.05, 3.63) is 89.8 Å². The van der Waals surface area contributed by atoms with Gasteiger partial charge in [-0.05, 0) is 42.3 Å². The molecule has 0 saturated heterocycles. The SMILES string of the molecule is COc1cccc(C(=N)/N=C(/Oc2ccccc2)c2cc(/C=C/CCO)c[nH]2)c1. The van der Waals surface area contributed by atoms with Crippen molar-refractivity contribution in [3.63, 3.8) is 0 Å². The Bertz CT molecular complexity index is 1010. The van der Waals surface area contributed by atoms with Gasteiger partial charge in [-0.3, -0.25) is 5.41 Å². The van der Waals surface area contributed by atoms with Crippen LogP contribution in [0.5, 0.6) is 11.5 Å². The quantitative estimate of drug-likeness (QED) is 0.416. The number of ether oxygens (including phenoxy) is 2. The van der Waals surface area contributed by atoms with Crippen LogP contribution in [0.1, 0.15) is 23.2 Å².